The number of ether oxygens (including phenoxy) is 1. The summed E-state index contributed by atoms with van der Waals surface area (Å²) in [6.07, 6.45) is -5.96. The third-order valence-corrected chi connectivity index (χ3v) is 10.7. The van der Waals surface area contributed by atoms with E-state index in [1.165, 1.54) is 12.1 Å². The van der Waals surface area contributed by atoms with E-state index >= 15 is 0 Å². The van der Waals surface area contributed by atoms with Crippen molar-refractivity contribution in [2.75, 3.05) is 18.8 Å². The first kappa shape index (κ1) is 42.3. The number of sulfone groups is 1. The van der Waals surface area contributed by atoms with E-state index in [2.05, 4.69) is 5.32 Å². The SMILES string of the molecule is CCCC(CCC)S(=O)(=O)CC(NC(=O)OCc1ccccc1)C(=O)N(CCc1cccc(C(F)(F)F)c1)C[C@@H](O)[C@@H](N)Cc1cc(F)cc(F)c1. The number of rotatable bonds is 19. The summed E-state index contributed by atoms with van der Waals surface area (Å²) in [4.78, 5) is 28.3. The third-order valence-electron chi connectivity index (χ3n) is 8.46. The van der Waals surface area contributed by atoms with Gasteiger partial charge in [-0.05, 0) is 60.6 Å². The van der Waals surface area contributed by atoms with Crippen LogP contribution in [0.5, 0.6) is 0 Å². The molecule has 3 aromatic carbocycles. The largest absolute Gasteiger partial charge is 0.445 e. The maximum atomic E-state index is 14.3. The molecule has 0 heterocycles. The molecule has 3 atom stereocenters. The van der Waals surface area contributed by atoms with E-state index in [1.807, 2.05) is 13.8 Å². The molecule has 0 saturated heterocycles. The maximum Gasteiger partial charge on any atom is 0.416 e. The van der Waals surface area contributed by atoms with Crippen LogP contribution >= 0.6 is 0 Å². The van der Waals surface area contributed by atoms with E-state index in [9.17, 15) is 45.1 Å². The number of benzene rings is 3. The van der Waals surface area contributed by atoms with Crippen molar-refractivity contribution in [3.05, 3.63) is 107 Å². The van der Waals surface area contributed by atoms with Crippen LogP contribution in [0.4, 0.5) is 26.7 Å². The van der Waals surface area contributed by atoms with Crippen molar-refractivity contribution in [3.63, 3.8) is 0 Å². The molecule has 0 spiro atoms. The van der Waals surface area contributed by atoms with Crippen molar-refractivity contribution in [2.24, 2.45) is 5.73 Å². The normalized spacial score (nSPS) is 13.7. The number of alkyl carbamates (subject to hydrolysis) is 1. The summed E-state index contributed by atoms with van der Waals surface area (Å²) < 4.78 is 101. The van der Waals surface area contributed by atoms with Crippen LogP contribution in [-0.4, -0.2) is 72.7 Å². The summed E-state index contributed by atoms with van der Waals surface area (Å²) >= 11 is 0. The fraction of sp³-hybridized carbons (Fsp3) is 0.459. The van der Waals surface area contributed by atoms with Crippen LogP contribution < -0.4 is 11.1 Å². The highest BCUT2D eigenvalue weighted by molar-refractivity contribution is 7.92. The Kier molecular flexibility index (Phi) is 16.0. The van der Waals surface area contributed by atoms with Crippen LogP contribution in [0.1, 0.15) is 61.8 Å². The Hall–Kier alpha value is -4.08. The number of aliphatic hydroxyl groups is 1. The predicted molar refractivity (Wildman–Crippen MR) is 187 cm³/mol. The zero-order valence-electron chi connectivity index (χ0n) is 29.1. The van der Waals surface area contributed by atoms with Gasteiger partial charge in [0.15, 0.2) is 9.84 Å². The number of halogens is 5. The second-order valence-electron chi connectivity index (χ2n) is 12.7. The van der Waals surface area contributed by atoms with Crippen LogP contribution in [0.3, 0.4) is 0 Å². The molecule has 2 amide bonds. The van der Waals surface area contributed by atoms with Gasteiger partial charge in [0.2, 0.25) is 5.91 Å². The highest BCUT2D eigenvalue weighted by Gasteiger charge is 2.36. The number of amides is 2. The van der Waals surface area contributed by atoms with Gasteiger partial charge in [0, 0.05) is 25.2 Å². The van der Waals surface area contributed by atoms with Gasteiger partial charge in [-0.15, -0.1) is 0 Å². The molecule has 15 heteroatoms. The number of hydrogen-bond donors (Lipinski definition) is 3. The highest BCUT2D eigenvalue weighted by atomic mass is 32.2. The van der Waals surface area contributed by atoms with E-state index < -0.39 is 80.9 Å². The molecule has 0 fully saturated rings. The second kappa shape index (κ2) is 19.7. The van der Waals surface area contributed by atoms with Gasteiger partial charge in [0.05, 0.1) is 22.7 Å². The van der Waals surface area contributed by atoms with Crippen molar-refractivity contribution in [2.45, 2.75) is 88.6 Å². The first-order valence-electron chi connectivity index (χ1n) is 17.0. The fourth-order valence-corrected chi connectivity index (χ4v) is 7.93. The molecule has 1 unspecified atom stereocenters. The zero-order chi connectivity index (χ0) is 38.5. The van der Waals surface area contributed by atoms with Gasteiger partial charge >= 0.3 is 12.3 Å². The molecule has 52 heavy (non-hydrogen) atoms. The second-order valence-corrected chi connectivity index (χ2v) is 15.1. The van der Waals surface area contributed by atoms with E-state index in [-0.39, 0.29) is 37.1 Å². The molecule has 286 valence electrons. The Balaban J connectivity index is 1.95. The summed E-state index contributed by atoms with van der Waals surface area (Å²) in [6.45, 7) is 2.57. The molecule has 0 aromatic heterocycles. The van der Waals surface area contributed by atoms with Crippen molar-refractivity contribution in [1.82, 2.24) is 10.2 Å². The molecule has 0 bridgehead atoms. The summed E-state index contributed by atoms with van der Waals surface area (Å²) in [5.74, 6) is -3.51. The number of nitrogens with two attached hydrogens (primary N) is 1. The lowest BCUT2D eigenvalue weighted by molar-refractivity contribution is -0.137. The minimum atomic E-state index is -4.64. The molecule has 4 N–H and O–H groups in total. The Labute approximate surface area is 301 Å². The van der Waals surface area contributed by atoms with Gasteiger partial charge in [-0.2, -0.15) is 13.2 Å². The summed E-state index contributed by atoms with van der Waals surface area (Å²) in [5, 5.41) is 12.7. The molecule has 3 aromatic rings. The fourth-order valence-electron chi connectivity index (χ4n) is 5.77. The number of carbonyl (C=O) groups excluding carboxylic acids is 2. The van der Waals surface area contributed by atoms with Crippen molar-refractivity contribution in [1.29, 1.82) is 0 Å². The van der Waals surface area contributed by atoms with E-state index in [4.69, 9.17) is 10.5 Å². The van der Waals surface area contributed by atoms with Gasteiger partial charge in [-0.3, -0.25) is 4.79 Å². The number of nitrogens with zero attached hydrogens (tertiary/aromatic N) is 1. The number of hydrogen-bond acceptors (Lipinski definition) is 7. The highest BCUT2D eigenvalue weighted by Crippen LogP contribution is 2.29. The molecule has 9 nitrogen and oxygen atoms in total. The molecule has 3 rings (SSSR count). The quantitative estimate of drug-likeness (QED) is 0.128. The molecular weight excluding hydrogens is 709 g/mol. The lowest BCUT2D eigenvalue weighted by atomic mass is 10.0. The number of aliphatic hydroxyl groups excluding tert-OH is 1. The standard InChI is InChI=1S/C37H46F5N3O6S/c1-3-9-31(10-4-2)52(49,50)24-33(44-36(48)51-23-26-11-6-5-7-12-26)35(47)45(16-15-25-13-8-14-28(17-25)37(40,41)42)22-34(46)32(43)20-27-18-29(38)21-30(39)19-27/h5-8,11-14,17-19,21,31-34,46H,3-4,9-10,15-16,20,22-24,43H2,1-2H3,(H,44,48)/t32-,33?,34+/m0/s1. The monoisotopic (exact) mass is 755 g/mol. The lowest BCUT2D eigenvalue weighted by Crippen LogP contribution is -2.56. The van der Waals surface area contributed by atoms with Crippen LogP contribution in [-0.2, 0) is 45.0 Å². The van der Waals surface area contributed by atoms with Crippen LogP contribution in [0.25, 0.3) is 0 Å². The first-order chi connectivity index (χ1) is 24.5. The summed E-state index contributed by atoms with van der Waals surface area (Å²) in [7, 11) is -4.02. The third kappa shape index (κ3) is 13.5. The molecule has 0 aliphatic rings. The molecule has 0 saturated carbocycles. The average molecular weight is 756 g/mol. The van der Waals surface area contributed by atoms with E-state index in [0.717, 1.165) is 29.2 Å². The minimum Gasteiger partial charge on any atom is -0.445 e. The Morgan fingerprint density at radius 2 is 1.52 bits per heavy atom. The van der Waals surface area contributed by atoms with Gasteiger partial charge in [0.25, 0.3) is 0 Å². The number of carbonyl (C=O) groups is 2. The Morgan fingerprint density at radius 3 is 2.12 bits per heavy atom. The van der Waals surface area contributed by atoms with Crippen molar-refractivity contribution < 1.29 is 49.8 Å². The van der Waals surface area contributed by atoms with Crippen molar-refractivity contribution in [3.8, 4) is 0 Å². The van der Waals surface area contributed by atoms with Gasteiger partial charge < -0.3 is 25.8 Å². The van der Waals surface area contributed by atoms with E-state index in [0.29, 0.717) is 37.3 Å². The van der Waals surface area contributed by atoms with Gasteiger partial charge in [-0.25, -0.2) is 22.0 Å². The summed E-state index contributed by atoms with van der Waals surface area (Å²) in [5.41, 5.74) is 6.20. The topological polar surface area (TPSA) is 139 Å². The van der Waals surface area contributed by atoms with Crippen LogP contribution in [0.15, 0.2) is 72.8 Å². The minimum absolute atomic E-state index is 0.121. The Bertz CT molecular complexity index is 1690. The van der Waals surface area contributed by atoms with Crippen LogP contribution in [0.2, 0.25) is 0 Å². The molecule has 0 aliphatic carbocycles. The Morgan fingerprint density at radius 1 is 0.904 bits per heavy atom. The zero-order valence-corrected chi connectivity index (χ0v) is 29.9. The van der Waals surface area contributed by atoms with Crippen molar-refractivity contribution >= 4 is 21.8 Å². The predicted octanol–water partition coefficient (Wildman–Crippen LogP) is 5.96. The van der Waals surface area contributed by atoms with E-state index in [1.54, 1.807) is 30.3 Å². The number of nitrogens with one attached hydrogen (secondary N) is 1. The van der Waals surface area contributed by atoms with Gasteiger partial charge in [-0.1, -0.05) is 75.2 Å². The first-order valence-corrected chi connectivity index (χ1v) is 18.8. The van der Waals surface area contributed by atoms with Crippen LogP contribution in [0, 0.1) is 11.6 Å². The average Bonchev–Trinajstić information content (AvgIpc) is 3.08. The molecule has 0 radical (unpaired) electrons. The lowest BCUT2D eigenvalue weighted by Gasteiger charge is -2.32. The molecular formula is C37H46F5N3O6S. The summed E-state index contributed by atoms with van der Waals surface area (Å²) in [6, 6.07) is 12.8. The van der Waals surface area contributed by atoms with Gasteiger partial charge in [0.1, 0.15) is 24.3 Å². The maximum absolute atomic E-state index is 14.3. The number of alkyl halides is 3. The smallest absolute Gasteiger partial charge is 0.416 e. The molecule has 0 aliphatic heterocycles.